The van der Waals surface area contributed by atoms with E-state index in [1.54, 1.807) is 0 Å². The second-order valence-corrected chi connectivity index (χ2v) is 5.50. The summed E-state index contributed by atoms with van der Waals surface area (Å²) in [5.74, 6) is 0.710. The highest BCUT2D eigenvalue weighted by Gasteiger charge is 2.24. The first-order valence-corrected chi connectivity index (χ1v) is 7.08. The van der Waals surface area contributed by atoms with Crippen LogP contribution in [-0.2, 0) is 6.54 Å². The van der Waals surface area contributed by atoms with Gasteiger partial charge in [-0.3, -0.25) is 9.58 Å². The maximum Gasteiger partial charge on any atom is 0.0765 e. The predicted molar refractivity (Wildman–Crippen MR) is 71.4 cm³/mol. The molecule has 17 heavy (non-hydrogen) atoms. The van der Waals surface area contributed by atoms with E-state index in [0.29, 0.717) is 11.9 Å². The summed E-state index contributed by atoms with van der Waals surface area (Å²) in [6.07, 6.45) is 6.08. The van der Waals surface area contributed by atoms with Gasteiger partial charge in [-0.05, 0) is 32.8 Å². The van der Waals surface area contributed by atoms with E-state index in [1.807, 2.05) is 4.68 Å². The van der Waals surface area contributed by atoms with Crippen molar-refractivity contribution in [3.63, 3.8) is 0 Å². The lowest BCUT2D eigenvalue weighted by Gasteiger charge is -2.36. The van der Waals surface area contributed by atoms with E-state index in [-0.39, 0.29) is 0 Å². The van der Waals surface area contributed by atoms with Crippen molar-refractivity contribution >= 4 is 11.6 Å². The van der Waals surface area contributed by atoms with E-state index in [2.05, 4.69) is 36.1 Å². The van der Waals surface area contributed by atoms with Gasteiger partial charge in [0.2, 0.25) is 0 Å². The van der Waals surface area contributed by atoms with E-state index < -0.39 is 0 Å². The molecule has 1 aliphatic rings. The lowest BCUT2D eigenvalue weighted by molar-refractivity contribution is 0.125. The topological polar surface area (TPSA) is 21.1 Å². The molecule has 0 N–H and O–H groups in total. The smallest absolute Gasteiger partial charge is 0.0765 e. The predicted octanol–water partition coefficient (Wildman–Crippen LogP) is 3.06. The molecule has 0 unspecified atom stereocenters. The van der Waals surface area contributed by atoms with Gasteiger partial charge in [-0.15, -0.1) is 11.6 Å². The zero-order valence-corrected chi connectivity index (χ0v) is 11.5. The normalized spacial score (nSPS) is 16.8. The first-order chi connectivity index (χ1) is 8.20. The van der Waals surface area contributed by atoms with Crippen LogP contribution in [0.25, 0.3) is 0 Å². The van der Waals surface area contributed by atoms with Crippen molar-refractivity contribution in [2.75, 3.05) is 12.4 Å². The van der Waals surface area contributed by atoms with Gasteiger partial charge in [-0.25, -0.2) is 0 Å². The molecule has 1 saturated carbocycles. The summed E-state index contributed by atoms with van der Waals surface area (Å²) in [6, 6.07) is 3.30. The van der Waals surface area contributed by atoms with Gasteiger partial charge < -0.3 is 0 Å². The Morgan fingerprint density at radius 1 is 1.53 bits per heavy atom. The molecule has 1 heterocycles. The third-order valence-electron chi connectivity index (χ3n) is 3.52. The Labute approximate surface area is 109 Å². The number of halogens is 1. The van der Waals surface area contributed by atoms with Crippen molar-refractivity contribution in [2.45, 2.75) is 51.7 Å². The third kappa shape index (κ3) is 3.23. The summed E-state index contributed by atoms with van der Waals surface area (Å²) < 4.78 is 2.02. The zero-order valence-electron chi connectivity index (χ0n) is 10.8. The van der Waals surface area contributed by atoms with Gasteiger partial charge in [0.15, 0.2) is 0 Å². The highest BCUT2D eigenvalue weighted by atomic mass is 35.5. The summed E-state index contributed by atoms with van der Waals surface area (Å²) in [5.41, 5.74) is 1.16. The van der Waals surface area contributed by atoms with Gasteiger partial charge in [-0.2, -0.15) is 5.10 Å². The highest BCUT2D eigenvalue weighted by Crippen LogP contribution is 2.25. The molecule has 3 nitrogen and oxygen atoms in total. The number of hydrogen-bond acceptors (Lipinski definition) is 2. The van der Waals surface area contributed by atoms with Crippen molar-refractivity contribution in [3.05, 3.63) is 18.0 Å². The second-order valence-electron chi connectivity index (χ2n) is 5.13. The molecule has 0 radical (unpaired) electrons. The molecule has 1 aromatic heterocycles. The molecule has 0 aromatic carbocycles. The fourth-order valence-electron chi connectivity index (χ4n) is 2.21. The van der Waals surface area contributed by atoms with Crippen LogP contribution in [0.4, 0.5) is 0 Å². The Bertz CT molecular complexity index is 344. The molecule has 0 atom stereocenters. The second kappa shape index (κ2) is 5.87. The van der Waals surface area contributed by atoms with Crippen LogP contribution in [0.3, 0.4) is 0 Å². The van der Waals surface area contributed by atoms with E-state index in [4.69, 9.17) is 11.6 Å². The molecule has 1 aromatic rings. The summed E-state index contributed by atoms with van der Waals surface area (Å²) >= 11 is 5.88. The number of alkyl halides is 1. The monoisotopic (exact) mass is 255 g/mol. The molecular weight excluding hydrogens is 234 g/mol. The molecule has 0 spiro atoms. The minimum Gasteiger partial charge on any atom is -0.293 e. The zero-order chi connectivity index (χ0) is 12.3. The molecule has 4 heteroatoms. The molecule has 0 amide bonds. The van der Waals surface area contributed by atoms with Gasteiger partial charge >= 0.3 is 0 Å². The number of hydrogen-bond donors (Lipinski definition) is 0. The Kier molecular flexibility index (Phi) is 4.46. The molecule has 0 bridgehead atoms. The lowest BCUT2D eigenvalue weighted by atomic mass is 9.91. The van der Waals surface area contributed by atoms with Gasteiger partial charge in [-0.1, -0.05) is 6.42 Å². The maximum atomic E-state index is 5.88. The van der Waals surface area contributed by atoms with Crippen LogP contribution < -0.4 is 0 Å². The van der Waals surface area contributed by atoms with Crippen molar-refractivity contribution in [1.82, 2.24) is 14.7 Å². The van der Waals surface area contributed by atoms with Gasteiger partial charge in [0, 0.05) is 37.3 Å². The molecule has 0 saturated heterocycles. The van der Waals surface area contributed by atoms with Crippen molar-refractivity contribution in [3.8, 4) is 0 Å². The van der Waals surface area contributed by atoms with Crippen molar-refractivity contribution in [1.29, 1.82) is 0 Å². The van der Waals surface area contributed by atoms with E-state index in [1.165, 1.54) is 19.3 Å². The molecule has 1 fully saturated rings. The van der Waals surface area contributed by atoms with Crippen molar-refractivity contribution in [2.24, 2.45) is 0 Å². The van der Waals surface area contributed by atoms with E-state index >= 15 is 0 Å². The summed E-state index contributed by atoms with van der Waals surface area (Å²) in [4.78, 5) is 2.48. The first-order valence-electron chi connectivity index (χ1n) is 6.54. The van der Waals surface area contributed by atoms with Crippen LogP contribution in [0.15, 0.2) is 12.3 Å². The van der Waals surface area contributed by atoms with Crippen LogP contribution in [0.5, 0.6) is 0 Å². The standard InChI is InChI=1S/C13H22ClN3/c1-11(2)17-8-6-12(15-17)10-16(9-7-14)13-4-3-5-13/h6,8,11,13H,3-5,7,9-10H2,1-2H3. The Morgan fingerprint density at radius 3 is 2.76 bits per heavy atom. The maximum absolute atomic E-state index is 5.88. The summed E-state index contributed by atoms with van der Waals surface area (Å²) in [5, 5.41) is 4.60. The first kappa shape index (κ1) is 12.9. The minimum absolute atomic E-state index is 0.439. The summed E-state index contributed by atoms with van der Waals surface area (Å²) in [7, 11) is 0. The number of nitrogens with zero attached hydrogens (tertiary/aromatic N) is 3. The van der Waals surface area contributed by atoms with Crippen molar-refractivity contribution < 1.29 is 0 Å². The van der Waals surface area contributed by atoms with Gasteiger partial charge in [0.05, 0.1) is 5.69 Å². The third-order valence-corrected chi connectivity index (χ3v) is 3.69. The number of aromatic nitrogens is 2. The fourth-order valence-corrected chi connectivity index (χ4v) is 2.43. The highest BCUT2D eigenvalue weighted by molar-refractivity contribution is 6.18. The molecule has 1 aliphatic carbocycles. The fraction of sp³-hybridized carbons (Fsp3) is 0.769. The lowest BCUT2D eigenvalue weighted by Crippen LogP contribution is -2.40. The quantitative estimate of drug-likeness (QED) is 0.729. The average molecular weight is 256 g/mol. The van der Waals surface area contributed by atoms with Gasteiger partial charge in [0.1, 0.15) is 0 Å². The van der Waals surface area contributed by atoms with Gasteiger partial charge in [0.25, 0.3) is 0 Å². The van der Waals surface area contributed by atoms with Crippen LogP contribution >= 0.6 is 11.6 Å². The molecule has 2 rings (SSSR count). The Balaban J connectivity index is 1.95. The molecular formula is C13H22ClN3. The minimum atomic E-state index is 0.439. The van der Waals surface area contributed by atoms with Crippen LogP contribution in [0, 0.1) is 0 Å². The Hall–Kier alpha value is -0.540. The SMILES string of the molecule is CC(C)n1ccc(CN(CCCl)C2CCC2)n1. The van der Waals surface area contributed by atoms with Crippen LogP contribution in [0.2, 0.25) is 0 Å². The molecule has 96 valence electrons. The van der Waals surface area contributed by atoms with E-state index in [9.17, 15) is 0 Å². The van der Waals surface area contributed by atoms with Crippen LogP contribution in [-0.4, -0.2) is 33.1 Å². The van der Waals surface area contributed by atoms with Crippen LogP contribution in [0.1, 0.15) is 44.8 Å². The molecule has 0 aliphatic heterocycles. The average Bonchev–Trinajstić information content (AvgIpc) is 2.64. The Morgan fingerprint density at radius 2 is 2.29 bits per heavy atom. The van der Waals surface area contributed by atoms with E-state index in [0.717, 1.165) is 24.8 Å². The summed E-state index contributed by atoms with van der Waals surface area (Å²) in [6.45, 7) is 6.22. The largest absolute Gasteiger partial charge is 0.293 e. The number of rotatable bonds is 6.